The number of para-hydroxylation sites is 1. The van der Waals surface area contributed by atoms with Crippen molar-refractivity contribution in [2.75, 3.05) is 31.5 Å². The van der Waals surface area contributed by atoms with Crippen LogP contribution in [-0.2, 0) is 16.1 Å². The van der Waals surface area contributed by atoms with Gasteiger partial charge in [0.05, 0.1) is 18.8 Å². The summed E-state index contributed by atoms with van der Waals surface area (Å²) in [6.07, 6.45) is 3.10. The Morgan fingerprint density at radius 1 is 1.21 bits per heavy atom. The van der Waals surface area contributed by atoms with E-state index >= 15 is 0 Å². The Morgan fingerprint density at radius 2 is 1.92 bits per heavy atom. The topological polar surface area (TPSA) is 53.6 Å². The number of benzene rings is 1. The first-order chi connectivity index (χ1) is 11.6. The number of amides is 1. The molecule has 5 heteroatoms. The molecular formula is C19H29N3O2. The molecular weight excluding hydrogens is 302 g/mol. The smallest absolute Gasteiger partial charge is 0.238 e. The van der Waals surface area contributed by atoms with Crippen LogP contribution in [0.25, 0.3) is 0 Å². The molecule has 5 nitrogen and oxygen atoms in total. The molecule has 132 valence electrons. The molecule has 2 aliphatic rings. The van der Waals surface area contributed by atoms with Crippen molar-refractivity contribution in [3.63, 3.8) is 0 Å². The van der Waals surface area contributed by atoms with E-state index in [1.54, 1.807) is 0 Å². The summed E-state index contributed by atoms with van der Waals surface area (Å²) >= 11 is 0. The Labute approximate surface area is 144 Å². The summed E-state index contributed by atoms with van der Waals surface area (Å²) in [5, 5.41) is 6.30. The maximum absolute atomic E-state index is 12.2. The second-order valence-electron chi connectivity index (χ2n) is 7.23. The van der Waals surface area contributed by atoms with E-state index in [0.29, 0.717) is 6.54 Å². The van der Waals surface area contributed by atoms with Crippen molar-refractivity contribution < 1.29 is 9.53 Å². The third-order valence-electron chi connectivity index (χ3n) is 4.60. The predicted molar refractivity (Wildman–Crippen MR) is 96.0 cm³/mol. The van der Waals surface area contributed by atoms with Gasteiger partial charge in [0, 0.05) is 25.3 Å². The van der Waals surface area contributed by atoms with Crippen molar-refractivity contribution in [3.8, 4) is 0 Å². The Hall–Kier alpha value is -1.43. The molecule has 1 heterocycles. The third-order valence-corrected chi connectivity index (χ3v) is 4.60. The second-order valence-corrected chi connectivity index (χ2v) is 7.23. The lowest BCUT2D eigenvalue weighted by Crippen LogP contribution is -2.44. The van der Waals surface area contributed by atoms with Crippen LogP contribution in [0.3, 0.4) is 0 Å². The van der Waals surface area contributed by atoms with Crippen LogP contribution in [0.15, 0.2) is 24.3 Å². The fourth-order valence-electron chi connectivity index (χ4n) is 3.34. The van der Waals surface area contributed by atoms with Gasteiger partial charge in [-0.25, -0.2) is 0 Å². The van der Waals surface area contributed by atoms with Gasteiger partial charge in [0.2, 0.25) is 5.91 Å². The number of anilines is 1. The van der Waals surface area contributed by atoms with Gasteiger partial charge in [-0.1, -0.05) is 18.2 Å². The molecule has 1 amide bonds. The fourth-order valence-corrected chi connectivity index (χ4v) is 3.34. The lowest BCUT2D eigenvalue weighted by atomic mass is 10.1. The Morgan fingerprint density at radius 3 is 2.62 bits per heavy atom. The van der Waals surface area contributed by atoms with E-state index in [4.69, 9.17) is 4.74 Å². The fraction of sp³-hybridized carbons (Fsp3) is 0.632. The van der Waals surface area contributed by atoms with Gasteiger partial charge in [-0.15, -0.1) is 0 Å². The number of ether oxygens (including phenoxy) is 1. The summed E-state index contributed by atoms with van der Waals surface area (Å²) in [5.41, 5.74) is 2.08. The Balaban J connectivity index is 1.54. The van der Waals surface area contributed by atoms with Gasteiger partial charge >= 0.3 is 0 Å². The van der Waals surface area contributed by atoms with E-state index in [9.17, 15) is 4.79 Å². The van der Waals surface area contributed by atoms with Crippen LogP contribution in [0, 0.1) is 5.92 Å². The summed E-state index contributed by atoms with van der Waals surface area (Å²) in [4.78, 5) is 14.6. The number of hydrogen-bond donors (Lipinski definition) is 2. The summed E-state index contributed by atoms with van der Waals surface area (Å²) < 4.78 is 5.80. The van der Waals surface area contributed by atoms with Crippen LogP contribution in [0.4, 0.5) is 5.69 Å². The molecule has 1 saturated heterocycles. The zero-order valence-electron chi connectivity index (χ0n) is 14.8. The molecule has 1 aliphatic heterocycles. The van der Waals surface area contributed by atoms with E-state index in [1.807, 2.05) is 18.2 Å². The summed E-state index contributed by atoms with van der Waals surface area (Å²) in [5.74, 6) is 0.821. The van der Waals surface area contributed by atoms with Gasteiger partial charge in [-0.2, -0.15) is 0 Å². The highest BCUT2D eigenvalue weighted by atomic mass is 16.5. The van der Waals surface area contributed by atoms with E-state index in [0.717, 1.165) is 43.3 Å². The van der Waals surface area contributed by atoms with Crippen molar-refractivity contribution in [3.05, 3.63) is 29.8 Å². The number of rotatable bonds is 7. The van der Waals surface area contributed by atoms with Crippen LogP contribution in [0.5, 0.6) is 0 Å². The molecule has 2 fully saturated rings. The van der Waals surface area contributed by atoms with Gasteiger partial charge in [-0.05, 0) is 50.8 Å². The third kappa shape index (κ3) is 5.30. The molecule has 2 N–H and O–H groups in total. The van der Waals surface area contributed by atoms with Crippen molar-refractivity contribution >= 4 is 11.6 Å². The molecule has 1 saturated carbocycles. The quantitative estimate of drug-likeness (QED) is 0.804. The minimum absolute atomic E-state index is 0.0341. The molecule has 1 aliphatic carbocycles. The molecule has 3 rings (SSSR count). The van der Waals surface area contributed by atoms with Crippen LogP contribution < -0.4 is 10.6 Å². The molecule has 0 spiro atoms. The van der Waals surface area contributed by atoms with E-state index in [-0.39, 0.29) is 18.1 Å². The van der Waals surface area contributed by atoms with Crippen molar-refractivity contribution in [2.45, 2.75) is 45.4 Å². The molecule has 24 heavy (non-hydrogen) atoms. The number of carbonyl (C=O) groups is 1. The van der Waals surface area contributed by atoms with Crippen molar-refractivity contribution in [2.24, 2.45) is 5.92 Å². The molecule has 1 aromatic rings. The standard InChI is InChI=1S/C19H29N3O2/c1-14-11-22(12-15(2)24-14)13-17-5-3-4-6-18(17)21-19(23)10-20-9-16-7-8-16/h3-6,14-16,20H,7-13H2,1-2H3,(H,21,23). The molecule has 0 aromatic heterocycles. The number of nitrogens with one attached hydrogen (secondary N) is 2. The largest absolute Gasteiger partial charge is 0.373 e. The lowest BCUT2D eigenvalue weighted by molar-refractivity contribution is -0.115. The molecule has 0 radical (unpaired) electrons. The number of hydrogen-bond acceptors (Lipinski definition) is 4. The zero-order valence-corrected chi connectivity index (χ0v) is 14.8. The summed E-state index contributed by atoms with van der Waals surface area (Å²) in [6.45, 7) is 8.26. The summed E-state index contributed by atoms with van der Waals surface area (Å²) in [7, 11) is 0. The van der Waals surface area contributed by atoms with Crippen molar-refractivity contribution in [1.82, 2.24) is 10.2 Å². The maximum Gasteiger partial charge on any atom is 0.238 e. The highest BCUT2D eigenvalue weighted by molar-refractivity contribution is 5.92. The van der Waals surface area contributed by atoms with Crippen LogP contribution in [0.2, 0.25) is 0 Å². The minimum Gasteiger partial charge on any atom is -0.373 e. The number of nitrogens with zero attached hydrogens (tertiary/aromatic N) is 1. The van der Waals surface area contributed by atoms with Gasteiger partial charge in [0.1, 0.15) is 0 Å². The van der Waals surface area contributed by atoms with Gasteiger partial charge in [-0.3, -0.25) is 9.69 Å². The number of carbonyl (C=O) groups excluding carboxylic acids is 1. The van der Waals surface area contributed by atoms with E-state index in [1.165, 1.54) is 12.8 Å². The second kappa shape index (κ2) is 8.10. The monoisotopic (exact) mass is 331 g/mol. The lowest BCUT2D eigenvalue weighted by Gasteiger charge is -2.35. The zero-order chi connectivity index (χ0) is 16.9. The first-order valence-electron chi connectivity index (χ1n) is 9.06. The Kier molecular flexibility index (Phi) is 5.87. The first-order valence-corrected chi connectivity index (χ1v) is 9.06. The van der Waals surface area contributed by atoms with E-state index in [2.05, 4.69) is 35.4 Å². The average Bonchev–Trinajstić information content (AvgIpc) is 3.32. The van der Waals surface area contributed by atoms with E-state index < -0.39 is 0 Å². The summed E-state index contributed by atoms with van der Waals surface area (Å²) in [6, 6.07) is 8.09. The molecule has 2 atom stereocenters. The highest BCUT2D eigenvalue weighted by Crippen LogP contribution is 2.27. The van der Waals surface area contributed by atoms with Crippen molar-refractivity contribution in [1.29, 1.82) is 0 Å². The predicted octanol–water partition coefficient (Wildman–Crippen LogP) is 2.23. The van der Waals surface area contributed by atoms with Gasteiger partial charge in [0.15, 0.2) is 0 Å². The van der Waals surface area contributed by atoms with Crippen LogP contribution in [0.1, 0.15) is 32.3 Å². The number of morpholine rings is 1. The Bertz CT molecular complexity index is 549. The van der Waals surface area contributed by atoms with Gasteiger partial charge in [0.25, 0.3) is 0 Å². The minimum atomic E-state index is 0.0341. The normalized spacial score (nSPS) is 24.8. The van der Waals surface area contributed by atoms with Gasteiger partial charge < -0.3 is 15.4 Å². The molecule has 0 bridgehead atoms. The molecule has 2 unspecified atom stereocenters. The van der Waals surface area contributed by atoms with Crippen LogP contribution in [-0.4, -0.2) is 49.2 Å². The average molecular weight is 331 g/mol. The first kappa shape index (κ1) is 17.4. The highest BCUT2D eigenvalue weighted by Gasteiger charge is 2.23. The molecule has 1 aromatic carbocycles. The SMILES string of the molecule is CC1CN(Cc2ccccc2NC(=O)CNCC2CC2)CC(C)O1. The van der Waals surface area contributed by atoms with Crippen LogP contribution >= 0.6 is 0 Å². The maximum atomic E-state index is 12.2.